The zero-order valence-corrected chi connectivity index (χ0v) is 21.5. The molecular weight excluding hydrogens is 488 g/mol. The van der Waals surface area contributed by atoms with E-state index in [1.54, 1.807) is 12.4 Å². The molecule has 0 unspecified atom stereocenters. The molecule has 186 valence electrons. The average Bonchev–Trinajstić information content (AvgIpc) is 3.04. The minimum atomic E-state index is 0.866. The van der Waals surface area contributed by atoms with E-state index in [1.807, 2.05) is 48.5 Å². The van der Waals surface area contributed by atoms with Gasteiger partial charge in [0.15, 0.2) is 0 Å². The summed E-state index contributed by atoms with van der Waals surface area (Å²) >= 11 is 0. The van der Waals surface area contributed by atoms with Gasteiger partial charge in [0.1, 0.15) is 0 Å². The van der Waals surface area contributed by atoms with Crippen LogP contribution in [0.25, 0.3) is 77.6 Å². The molecule has 0 aliphatic rings. The minimum absolute atomic E-state index is 0.866. The van der Waals surface area contributed by atoms with Crippen LogP contribution in [0.2, 0.25) is 0 Å². The lowest BCUT2D eigenvalue weighted by atomic mass is 9.88. The maximum absolute atomic E-state index is 5.02. The van der Waals surface area contributed by atoms with Crippen molar-refractivity contribution in [3.8, 4) is 45.3 Å². The Balaban J connectivity index is 1.34. The Kier molecular flexibility index (Phi) is 5.10. The predicted molar refractivity (Wildman–Crippen MR) is 163 cm³/mol. The first-order chi connectivity index (χ1) is 19.8. The van der Waals surface area contributed by atoms with Crippen molar-refractivity contribution in [3.05, 3.63) is 134 Å². The van der Waals surface area contributed by atoms with Crippen molar-refractivity contribution in [2.24, 2.45) is 0 Å². The summed E-state index contributed by atoms with van der Waals surface area (Å²) in [6.07, 6.45) is 3.61. The van der Waals surface area contributed by atoms with Gasteiger partial charge in [0, 0.05) is 23.5 Å². The third kappa shape index (κ3) is 3.62. The highest BCUT2D eigenvalue weighted by molar-refractivity contribution is 6.27. The number of pyridine rings is 4. The van der Waals surface area contributed by atoms with Crippen molar-refractivity contribution in [2.75, 3.05) is 0 Å². The second-order valence-electron chi connectivity index (χ2n) is 9.89. The molecule has 4 aromatic carbocycles. The van der Waals surface area contributed by atoms with E-state index in [1.165, 1.54) is 32.3 Å². The van der Waals surface area contributed by atoms with E-state index in [2.05, 4.69) is 82.8 Å². The van der Waals surface area contributed by atoms with E-state index in [-0.39, 0.29) is 0 Å². The lowest BCUT2D eigenvalue weighted by Gasteiger charge is -2.16. The zero-order valence-electron chi connectivity index (χ0n) is 21.5. The molecule has 0 bridgehead atoms. The van der Waals surface area contributed by atoms with Gasteiger partial charge in [-0.3, -0.25) is 9.97 Å². The Bertz CT molecular complexity index is 2000. The Morgan fingerprint density at radius 1 is 0.325 bits per heavy atom. The Morgan fingerprint density at radius 2 is 0.750 bits per heavy atom. The van der Waals surface area contributed by atoms with Gasteiger partial charge in [0.25, 0.3) is 0 Å². The molecule has 4 heterocycles. The summed E-state index contributed by atoms with van der Waals surface area (Å²) in [4.78, 5) is 19.1. The number of hydrogen-bond donors (Lipinski definition) is 0. The summed E-state index contributed by atoms with van der Waals surface area (Å²) in [5, 5.41) is 7.30. The summed E-state index contributed by atoms with van der Waals surface area (Å²) in [6, 6.07) is 41.8. The van der Waals surface area contributed by atoms with Gasteiger partial charge in [-0.2, -0.15) is 0 Å². The molecule has 4 aromatic heterocycles. The molecule has 0 radical (unpaired) electrons. The highest BCUT2D eigenvalue weighted by Crippen LogP contribution is 2.42. The van der Waals surface area contributed by atoms with Crippen LogP contribution in [0.3, 0.4) is 0 Å². The smallest absolute Gasteiger partial charge is 0.0893 e. The third-order valence-electron chi connectivity index (χ3n) is 7.57. The fourth-order valence-electron chi connectivity index (χ4n) is 5.73. The lowest BCUT2D eigenvalue weighted by Crippen LogP contribution is -1.93. The Labute approximate surface area is 231 Å². The van der Waals surface area contributed by atoms with Crippen LogP contribution in [-0.4, -0.2) is 19.9 Å². The quantitative estimate of drug-likeness (QED) is 0.222. The van der Waals surface area contributed by atoms with Crippen LogP contribution in [-0.2, 0) is 0 Å². The van der Waals surface area contributed by atoms with Gasteiger partial charge in [-0.05, 0) is 80.8 Å². The van der Waals surface area contributed by atoms with Crippen molar-refractivity contribution in [3.63, 3.8) is 0 Å². The van der Waals surface area contributed by atoms with Gasteiger partial charge in [-0.1, -0.05) is 72.8 Å². The molecule has 40 heavy (non-hydrogen) atoms. The van der Waals surface area contributed by atoms with Crippen LogP contribution in [0.5, 0.6) is 0 Å². The van der Waals surface area contributed by atoms with Crippen molar-refractivity contribution < 1.29 is 0 Å². The average molecular weight is 511 g/mol. The largest absolute Gasteiger partial charge is 0.255 e. The molecule has 4 heteroatoms. The molecule has 0 fully saturated rings. The molecule has 8 aromatic rings. The standard InChI is InChI=1S/C36H22N4/c1-3-21-37-31(7-1)33-11-5-9-29(39-33)25-17-13-23-16-20-28-26(18-14-24-15-19-27(25)35(23)36(24)28)30-10-6-12-34(40-30)32-8-2-4-22-38-32/h1-22H. The van der Waals surface area contributed by atoms with E-state index in [0.717, 1.165) is 45.3 Å². The SMILES string of the molecule is c1ccc(-c2cccc(-c3ccc4ccc5c(-c6cccc(-c7ccccn7)n6)ccc6ccc3c4c65)n2)nc1. The highest BCUT2D eigenvalue weighted by atomic mass is 14.8. The van der Waals surface area contributed by atoms with Gasteiger partial charge in [-0.25, -0.2) is 9.97 Å². The first kappa shape index (κ1) is 22.5. The summed E-state index contributed by atoms with van der Waals surface area (Å²) in [6.45, 7) is 0. The summed E-state index contributed by atoms with van der Waals surface area (Å²) in [5.41, 5.74) is 7.56. The monoisotopic (exact) mass is 510 g/mol. The van der Waals surface area contributed by atoms with Gasteiger partial charge < -0.3 is 0 Å². The van der Waals surface area contributed by atoms with Crippen molar-refractivity contribution in [1.82, 2.24) is 19.9 Å². The van der Waals surface area contributed by atoms with E-state index in [9.17, 15) is 0 Å². The van der Waals surface area contributed by atoms with Gasteiger partial charge in [0.05, 0.1) is 34.2 Å². The van der Waals surface area contributed by atoms with Gasteiger partial charge in [0.2, 0.25) is 0 Å². The minimum Gasteiger partial charge on any atom is -0.255 e. The van der Waals surface area contributed by atoms with Crippen LogP contribution in [0.15, 0.2) is 134 Å². The predicted octanol–water partition coefficient (Wildman–Crippen LogP) is 8.83. The Hall–Kier alpha value is -5.48. The van der Waals surface area contributed by atoms with Crippen LogP contribution >= 0.6 is 0 Å². The molecule has 0 atom stereocenters. The molecule has 0 aliphatic carbocycles. The van der Waals surface area contributed by atoms with Crippen molar-refractivity contribution in [2.45, 2.75) is 0 Å². The number of nitrogens with zero attached hydrogens (tertiary/aromatic N) is 4. The number of benzene rings is 4. The van der Waals surface area contributed by atoms with E-state index in [4.69, 9.17) is 9.97 Å². The zero-order chi connectivity index (χ0) is 26.5. The summed E-state index contributed by atoms with van der Waals surface area (Å²) in [7, 11) is 0. The maximum Gasteiger partial charge on any atom is 0.0893 e. The molecule has 0 amide bonds. The molecule has 0 N–H and O–H groups in total. The summed E-state index contributed by atoms with van der Waals surface area (Å²) in [5.74, 6) is 0. The van der Waals surface area contributed by atoms with Gasteiger partial charge in [-0.15, -0.1) is 0 Å². The normalized spacial score (nSPS) is 11.5. The fraction of sp³-hybridized carbons (Fsp3) is 0. The van der Waals surface area contributed by atoms with Gasteiger partial charge >= 0.3 is 0 Å². The molecule has 0 spiro atoms. The number of rotatable bonds is 4. The first-order valence-electron chi connectivity index (χ1n) is 13.3. The van der Waals surface area contributed by atoms with Crippen LogP contribution in [0.4, 0.5) is 0 Å². The molecular formula is C36H22N4. The van der Waals surface area contributed by atoms with Crippen LogP contribution < -0.4 is 0 Å². The first-order valence-corrected chi connectivity index (χ1v) is 13.3. The van der Waals surface area contributed by atoms with Crippen molar-refractivity contribution >= 4 is 32.3 Å². The molecule has 0 aliphatic heterocycles. The number of hydrogen-bond acceptors (Lipinski definition) is 4. The topological polar surface area (TPSA) is 51.6 Å². The third-order valence-corrected chi connectivity index (χ3v) is 7.57. The second-order valence-corrected chi connectivity index (χ2v) is 9.89. The van der Waals surface area contributed by atoms with Crippen molar-refractivity contribution in [1.29, 1.82) is 0 Å². The lowest BCUT2D eigenvalue weighted by molar-refractivity contribution is 1.25. The van der Waals surface area contributed by atoms with Crippen LogP contribution in [0, 0.1) is 0 Å². The van der Waals surface area contributed by atoms with Crippen LogP contribution in [0.1, 0.15) is 0 Å². The molecule has 8 rings (SSSR count). The van der Waals surface area contributed by atoms with E-state index < -0.39 is 0 Å². The number of aromatic nitrogens is 4. The second kappa shape index (κ2) is 9.07. The van der Waals surface area contributed by atoms with E-state index >= 15 is 0 Å². The fourth-order valence-corrected chi connectivity index (χ4v) is 5.73. The Morgan fingerprint density at radius 3 is 1.20 bits per heavy atom. The molecule has 4 nitrogen and oxygen atoms in total. The molecule has 0 saturated heterocycles. The highest BCUT2D eigenvalue weighted by Gasteiger charge is 2.16. The van der Waals surface area contributed by atoms with E-state index in [0.29, 0.717) is 0 Å². The summed E-state index contributed by atoms with van der Waals surface area (Å²) < 4.78 is 0. The maximum atomic E-state index is 5.02. The molecule has 0 saturated carbocycles.